The first-order valence-corrected chi connectivity index (χ1v) is 12.6. The van der Waals surface area contributed by atoms with Gasteiger partial charge in [0.2, 0.25) is 10.0 Å². The summed E-state index contributed by atoms with van der Waals surface area (Å²) in [4.78, 5) is 3.29. The van der Waals surface area contributed by atoms with Gasteiger partial charge in [0.1, 0.15) is 0 Å². The van der Waals surface area contributed by atoms with Gasteiger partial charge in [0.05, 0.1) is 9.79 Å². The van der Waals surface area contributed by atoms with Crippen molar-refractivity contribution in [3.05, 3.63) is 70.0 Å². The van der Waals surface area contributed by atoms with Crippen molar-refractivity contribution in [2.45, 2.75) is 22.6 Å². The molecule has 29 heavy (non-hydrogen) atoms. The van der Waals surface area contributed by atoms with Crippen molar-refractivity contribution in [2.75, 3.05) is 12.3 Å². The Morgan fingerprint density at radius 3 is 2.45 bits per heavy atom. The lowest BCUT2D eigenvalue weighted by Gasteiger charge is -2.09. The summed E-state index contributed by atoms with van der Waals surface area (Å²) < 4.78 is 54.3. The second-order valence-electron chi connectivity index (χ2n) is 6.15. The maximum Gasteiger partial charge on any atom is 0.264 e. The number of hydrogen-bond donors (Lipinski definition) is 1. The van der Waals surface area contributed by atoms with Crippen LogP contribution in [0.1, 0.15) is 12.8 Å². The van der Waals surface area contributed by atoms with Gasteiger partial charge in [-0.15, -0.1) is 11.8 Å². The lowest BCUT2D eigenvalue weighted by molar-refractivity contribution is 0.584. The summed E-state index contributed by atoms with van der Waals surface area (Å²) in [5, 5.41) is 1.07. The summed E-state index contributed by atoms with van der Waals surface area (Å²) in [5.74, 6) is 0.595. The Hall–Kier alpha value is -2.30. The molecule has 0 spiro atoms. The number of nitrogens with one attached hydrogen (secondary N) is 1. The highest BCUT2D eigenvalue weighted by Gasteiger charge is 2.16. The van der Waals surface area contributed by atoms with Crippen molar-refractivity contribution in [1.82, 2.24) is 4.72 Å². The quantitative estimate of drug-likeness (QED) is 0.280. The summed E-state index contributed by atoms with van der Waals surface area (Å²) in [5.41, 5.74) is 8.40. The fourth-order valence-electron chi connectivity index (χ4n) is 2.75. The van der Waals surface area contributed by atoms with Crippen molar-refractivity contribution in [3.63, 3.8) is 0 Å². The summed E-state index contributed by atoms with van der Waals surface area (Å²) >= 11 is 1.59. The average molecular weight is 451 g/mol. The van der Waals surface area contributed by atoms with Gasteiger partial charge < -0.3 is 0 Å². The van der Waals surface area contributed by atoms with Crippen LogP contribution in [0.2, 0.25) is 0 Å². The minimum Gasteiger partial charge on any atom is -0.216 e. The normalized spacial score (nSPS) is 14.4. The van der Waals surface area contributed by atoms with Crippen molar-refractivity contribution >= 4 is 42.6 Å². The molecule has 0 saturated heterocycles. The molecule has 0 unspecified atom stereocenters. The average Bonchev–Trinajstić information content (AvgIpc) is 2.71. The molecule has 0 radical (unpaired) electrons. The van der Waals surface area contributed by atoms with Gasteiger partial charge in [-0.25, -0.2) is 21.6 Å². The number of thioether (sulfide) groups is 1. The monoisotopic (exact) mass is 450 g/mol. The summed E-state index contributed by atoms with van der Waals surface area (Å²) in [7, 11) is -7.89. The van der Waals surface area contributed by atoms with E-state index in [1.54, 1.807) is 17.8 Å². The Morgan fingerprint density at radius 2 is 1.76 bits per heavy atom. The minimum atomic E-state index is -4.15. The van der Waals surface area contributed by atoms with E-state index in [1.807, 2.05) is 6.08 Å². The van der Waals surface area contributed by atoms with Crippen LogP contribution in [0.15, 0.2) is 73.8 Å². The highest BCUT2D eigenvalue weighted by Crippen LogP contribution is 2.24. The molecule has 0 amide bonds. The molecular formula is C18H18N4O4S3. The van der Waals surface area contributed by atoms with E-state index in [0.29, 0.717) is 16.5 Å². The van der Waals surface area contributed by atoms with E-state index >= 15 is 0 Å². The number of hydrogen-bond acceptors (Lipinski definition) is 5. The Labute approximate surface area is 173 Å². The lowest BCUT2D eigenvalue weighted by atomic mass is 10.1. The van der Waals surface area contributed by atoms with Crippen LogP contribution in [0.4, 0.5) is 0 Å². The van der Waals surface area contributed by atoms with Gasteiger partial charge in [-0.2, -0.15) is 0 Å². The van der Waals surface area contributed by atoms with E-state index < -0.39 is 20.0 Å². The molecule has 0 aromatic heterocycles. The van der Waals surface area contributed by atoms with Gasteiger partial charge in [0, 0.05) is 26.6 Å². The van der Waals surface area contributed by atoms with E-state index in [-0.39, 0.29) is 16.3 Å². The van der Waals surface area contributed by atoms with Gasteiger partial charge in [-0.1, -0.05) is 30.4 Å². The van der Waals surface area contributed by atoms with Gasteiger partial charge in [-0.3, -0.25) is 0 Å². The zero-order valence-corrected chi connectivity index (χ0v) is 17.7. The molecule has 1 aliphatic carbocycles. The van der Waals surface area contributed by atoms with Gasteiger partial charge >= 0.3 is 0 Å². The molecule has 2 aromatic rings. The highest BCUT2D eigenvalue weighted by atomic mass is 32.2. The Morgan fingerprint density at radius 1 is 1.03 bits per heavy atom. The molecule has 3 rings (SSSR count). The summed E-state index contributed by atoms with van der Waals surface area (Å²) in [6.45, 7) is 0.265. The Balaban J connectivity index is 1.76. The molecule has 0 fully saturated rings. The number of allylic oxidation sites excluding steroid dienone is 3. The molecule has 11 heteroatoms. The molecule has 0 heterocycles. The minimum absolute atomic E-state index is 0.0325. The van der Waals surface area contributed by atoms with Crippen LogP contribution < -0.4 is 4.72 Å². The van der Waals surface area contributed by atoms with Crippen LogP contribution in [0, 0.1) is 0 Å². The topological polar surface area (TPSA) is 129 Å². The molecular weight excluding hydrogens is 432 g/mol. The first-order chi connectivity index (χ1) is 13.8. The van der Waals surface area contributed by atoms with Crippen molar-refractivity contribution in [1.29, 1.82) is 0 Å². The number of benzene rings is 2. The number of nitrogens with zero attached hydrogens (tertiary/aromatic N) is 3. The van der Waals surface area contributed by atoms with E-state index in [4.69, 9.17) is 5.53 Å². The van der Waals surface area contributed by atoms with Gasteiger partial charge in [-0.05, 0) is 53.4 Å². The van der Waals surface area contributed by atoms with Gasteiger partial charge in [0.15, 0.2) is 0 Å². The molecule has 1 aliphatic rings. The van der Waals surface area contributed by atoms with Crippen LogP contribution >= 0.6 is 11.8 Å². The second kappa shape index (κ2) is 9.02. The Kier molecular flexibility index (Phi) is 6.66. The van der Waals surface area contributed by atoms with Crippen molar-refractivity contribution < 1.29 is 16.8 Å². The third-order valence-electron chi connectivity index (χ3n) is 4.16. The lowest BCUT2D eigenvalue weighted by Crippen LogP contribution is -2.26. The van der Waals surface area contributed by atoms with Crippen LogP contribution in [0.5, 0.6) is 0 Å². The molecule has 0 saturated carbocycles. The van der Waals surface area contributed by atoms with E-state index in [1.165, 1.54) is 30.3 Å². The third-order valence-corrected chi connectivity index (χ3v) is 7.80. The number of azide groups is 1. The number of sulfonamides is 2. The third kappa shape index (κ3) is 5.40. The molecule has 0 aliphatic heterocycles. The first kappa shape index (κ1) is 21.4. The first-order valence-electron chi connectivity index (χ1n) is 8.66. The molecule has 1 N–H and O–H groups in total. The largest absolute Gasteiger partial charge is 0.264 e. The predicted octanol–water partition coefficient (Wildman–Crippen LogP) is 4.08. The molecule has 8 nitrogen and oxygen atoms in total. The number of rotatable bonds is 8. The van der Waals surface area contributed by atoms with Crippen LogP contribution in [-0.2, 0) is 20.0 Å². The van der Waals surface area contributed by atoms with E-state index in [9.17, 15) is 16.8 Å². The number of fused-ring (bicyclic) bond motifs is 1. The SMILES string of the molecule is [N-]=[N+]=NS(=O)(=O)c1ccc2ccc(S(=O)(=O)NCCSC3=CCCC=C3)cc2c1. The predicted molar refractivity (Wildman–Crippen MR) is 114 cm³/mol. The van der Waals surface area contributed by atoms with Crippen LogP contribution in [-0.4, -0.2) is 29.1 Å². The highest BCUT2D eigenvalue weighted by molar-refractivity contribution is 8.03. The molecule has 0 atom stereocenters. The maximum absolute atomic E-state index is 12.6. The molecule has 2 aromatic carbocycles. The summed E-state index contributed by atoms with van der Waals surface area (Å²) in [6.07, 6.45) is 8.29. The van der Waals surface area contributed by atoms with Crippen molar-refractivity contribution in [2.24, 2.45) is 4.52 Å². The van der Waals surface area contributed by atoms with Crippen LogP contribution in [0.3, 0.4) is 0 Å². The molecule has 0 bridgehead atoms. The molecule has 152 valence electrons. The van der Waals surface area contributed by atoms with Gasteiger partial charge in [0.25, 0.3) is 10.0 Å². The Bertz CT molecular complexity index is 1250. The zero-order valence-electron chi connectivity index (χ0n) is 15.2. The van der Waals surface area contributed by atoms with Crippen molar-refractivity contribution in [3.8, 4) is 0 Å². The summed E-state index contributed by atoms with van der Waals surface area (Å²) in [6, 6.07) is 8.58. The second-order valence-corrected chi connectivity index (χ2v) is 10.7. The maximum atomic E-state index is 12.6. The fraction of sp³-hybridized carbons (Fsp3) is 0.222. The van der Waals surface area contributed by atoms with Crippen LogP contribution in [0.25, 0.3) is 21.2 Å². The fourth-order valence-corrected chi connectivity index (χ4v) is 5.52. The zero-order chi connectivity index (χ0) is 20.9. The standard InChI is InChI=1S/C18H18N4O4S3/c19-21-22-29(25,26)18-9-7-14-6-8-17(12-15(14)13-18)28(23,24)20-10-11-27-16-4-2-1-3-5-16/h2,4-9,12-13,20H,1,3,10-11H2. The van der Waals surface area contributed by atoms with E-state index in [2.05, 4.69) is 26.3 Å². The van der Waals surface area contributed by atoms with E-state index in [0.717, 1.165) is 17.7 Å². The smallest absolute Gasteiger partial charge is 0.216 e.